The molecule has 5 nitrogen and oxygen atoms in total. The van der Waals surface area contributed by atoms with Crippen LogP contribution in [0.3, 0.4) is 0 Å². The molecule has 0 saturated carbocycles. The van der Waals surface area contributed by atoms with E-state index in [1.54, 1.807) is 36.7 Å². The van der Waals surface area contributed by atoms with Gasteiger partial charge >= 0.3 is 0 Å². The molecule has 1 aliphatic rings. The van der Waals surface area contributed by atoms with Crippen LogP contribution in [0, 0.1) is 0 Å². The molecule has 0 aromatic carbocycles. The maximum absolute atomic E-state index is 11.8. The van der Waals surface area contributed by atoms with Gasteiger partial charge in [-0.1, -0.05) is 18.2 Å². The molecule has 4 N–H and O–H groups in total. The van der Waals surface area contributed by atoms with Gasteiger partial charge in [0.25, 0.3) is 0 Å². The molecule has 1 heterocycles. The van der Waals surface area contributed by atoms with E-state index in [9.17, 15) is 9.59 Å². The van der Waals surface area contributed by atoms with Gasteiger partial charge in [-0.25, -0.2) is 0 Å². The molecule has 0 aliphatic heterocycles. The van der Waals surface area contributed by atoms with E-state index in [0.717, 1.165) is 5.56 Å². The first-order valence-corrected chi connectivity index (χ1v) is 5.46. The highest BCUT2D eigenvalue weighted by molar-refractivity contribution is 5.97. The summed E-state index contributed by atoms with van der Waals surface area (Å²) in [6, 6.07) is 3.47. The molecule has 0 saturated heterocycles. The molecule has 1 aromatic heterocycles. The molecule has 1 aromatic rings. The van der Waals surface area contributed by atoms with Crippen molar-refractivity contribution >= 4 is 11.8 Å². The zero-order valence-electron chi connectivity index (χ0n) is 9.67. The van der Waals surface area contributed by atoms with Gasteiger partial charge in [0.15, 0.2) is 0 Å². The topological polar surface area (TPSA) is 99.1 Å². The third-order valence-electron chi connectivity index (χ3n) is 3.11. The Labute approximate surface area is 104 Å². The lowest BCUT2D eigenvalue weighted by Gasteiger charge is -2.29. The van der Waals surface area contributed by atoms with Gasteiger partial charge in [-0.3, -0.25) is 14.6 Å². The molecule has 0 radical (unpaired) electrons. The van der Waals surface area contributed by atoms with Crippen LogP contribution in [0.1, 0.15) is 12.0 Å². The second-order valence-corrected chi connectivity index (χ2v) is 4.13. The fourth-order valence-corrected chi connectivity index (χ4v) is 2.01. The van der Waals surface area contributed by atoms with Crippen molar-refractivity contribution in [2.75, 3.05) is 0 Å². The van der Waals surface area contributed by atoms with Crippen LogP contribution in [-0.4, -0.2) is 16.8 Å². The van der Waals surface area contributed by atoms with Gasteiger partial charge in [-0.05, 0) is 24.1 Å². The van der Waals surface area contributed by atoms with E-state index >= 15 is 0 Å². The third kappa shape index (κ3) is 1.90. The lowest BCUT2D eigenvalue weighted by Crippen LogP contribution is -2.40. The maximum Gasteiger partial charge on any atom is 0.248 e. The minimum atomic E-state index is -0.929. The summed E-state index contributed by atoms with van der Waals surface area (Å²) in [5.41, 5.74) is 10.9. The SMILES string of the molecule is NC(=O)C1=CCC(C(N)=O)(c2ccncc2)C=C1. The van der Waals surface area contributed by atoms with Crippen molar-refractivity contribution in [3.05, 3.63) is 53.9 Å². The van der Waals surface area contributed by atoms with E-state index in [1.165, 1.54) is 6.08 Å². The Kier molecular flexibility index (Phi) is 2.97. The van der Waals surface area contributed by atoms with Crippen molar-refractivity contribution < 1.29 is 9.59 Å². The summed E-state index contributed by atoms with van der Waals surface area (Å²) in [6.45, 7) is 0. The highest BCUT2D eigenvalue weighted by Crippen LogP contribution is 2.33. The van der Waals surface area contributed by atoms with E-state index in [1.807, 2.05) is 0 Å². The Bertz CT molecular complexity index is 549. The van der Waals surface area contributed by atoms with E-state index in [0.29, 0.717) is 12.0 Å². The summed E-state index contributed by atoms with van der Waals surface area (Å²) in [7, 11) is 0. The van der Waals surface area contributed by atoms with E-state index in [2.05, 4.69) is 4.98 Å². The molecule has 0 fully saturated rings. The average molecular weight is 243 g/mol. The first kappa shape index (κ1) is 12.0. The van der Waals surface area contributed by atoms with Crippen LogP contribution in [0.25, 0.3) is 0 Å². The second-order valence-electron chi connectivity index (χ2n) is 4.13. The standard InChI is InChI=1S/C13H13N3O2/c14-11(17)9-1-5-13(6-2-9,12(15)18)10-3-7-16-8-4-10/h1-5,7-8H,6H2,(H2,14,17)(H2,15,18). The number of amides is 2. The van der Waals surface area contributed by atoms with Gasteiger partial charge in [0.2, 0.25) is 11.8 Å². The van der Waals surface area contributed by atoms with Crippen LogP contribution in [0.2, 0.25) is 0 Å². The van der Waals surface area contributed by atoms with Crippen LogP contribution in [-0.2, 0) is 15.0 Å². The molecule has 1 aliphatic carbocycles. The number of rotatable bonds is 3. The number of carbonyl (C=O) groups excluding carboxylic acids is 2. The van der Waals surface area contributed by atoms with E-state index < -0.39 is 17.2 Å². The summed E-state index contributed by atoms with van der Waals surface area (Å²) in [5.74, 6) is -0.983. The summed E-state index contributed by atoms with van der Waals surface area (Å²) in [5, 5.41) is 0. The monoisotopic (exact) mass is 243 g/mol. The van der Waals surface area contributed by atoms with Crippen molar-refractivity contribution in [2.24, 2.45) is 11.5 Å². The summed E-state index contributed by atoms with van der Waals surface area (Å²) < 4.78 is 0. The summed E-state index contributed by atoms with van der Waals surface area (Å²) >= 11 is 0. The van der Waals surface area contributed by atoms with Crippen molar-refractivity contribution in [2.45, 2.75) is 11.8 Å². The fraction of sp³-hybridized carbons (Fsp3) is 0.154. The average Bonchev–Trinajstić information content (AvgIpc) is 2.39. The van der Waals surface area contributed by atoms with E-state index in [-0.39, 0.29) is 0 Å². The zero-order valence-corrected chi connectivity index (χ0v) is 9.67. The zero-order chi connectivity index (χ0) is 13.2. The molecule has 2 amide bonds. The van der Waals surface area contributed by atoms with Gasteiger partial charge in [0, 0.05) is 18.0 Å². The summed E-state index contributed by atoms with van der Waals surface area (Å²) in [4.78, 5) is 26.7. The van der Waals surface area contributed by atoms with Crippen LogP contribution in [0.5, 0.6) is 0 Å². The van der Waals surface area contributed by atoms with Gasteiger partial charge in [0.1, 0.15) is 0 Å². The number of aromatic nitrogens is 1. The molecule has 1 unspecified atom stereocenters. The number of pyridine rings is 1. The Hall–Kier alpha value is -2.43. The van der Waals surface area contributed by atoms with Crippen LogP contribution >= 0.6 is 0 Å². The molecule has 0 spiro atoms. The Balaban J connectivity index is 2.43. The first-order chi connectivity index (χ1) is 8.56. The molecular weight excluding hydrogens is 230 g/mol. The molecule has 18 heavy (non-hydrogen) atoms. The predicted octanol–water partition coefficient (Wildman–Crippen LogP) is 0.176. The highest BCUT2D eigenvalue weighted by Gasteiger charge is 2.36. The number of allylic oxidation sites excluding steroid dienone is 1. The van der Waals surface area contributed by atoms with Gasteiger partial charge in [-0.2, -0.15) is 0 Å². The lowest BCUT2D eigenvalue weighted by molar-refractivity contribution is -0.122. The van der Waals surface area contributed by atoms with Crippen molar-refractivity contribution in [1.82, 2.24) is 4.98 Å². The number of carbonyl (C=O) groups is 2. The number of primary amides is 2. The molecule has 2 rings (SSSR count). The van der Waals surface area contributed by atoms with Crippen LogP contribution in [0.4, 0.5) is 0 Å². The Morgan fingerprint density at radius 1 is 1.22 bits per heavy atom. The Morgan fingerprint density at radius 2 is 1.89 bits per heavy atom. The highest BCUT2D eigenvalue weighted by atomic mass is 16.1. The molecule has 1 atom stereocenters. The maximum atomic E-state index is 11.8. The molecule has 5 heteroatoms. The van der Waals surface area contributed by atoms with Crippen molar-refractivity contribution in [3.63, 3.8) is 0 Å². The van der Waals surface area contributed by atoms with Gasteiger partial charge in [0.05, 0.1) is 5.41 Å². The third-order valence-corrected chi connectivity index (χ3v) is 3.11. The van der Waals surface area contributed by atoms with Crippen LogP contribution < -0.4 is 11.5 Å². The first-order valence-electron chi connectivity index (χ1n) is 5.46. The fourth-order valence-electron chi connectivity index (χ4n) is 2.01. The predicted molar refractivity (Wildman–Crippen MR) is 66.1 cm³/mol. The number of hydrogen-bond acceptors (Lipinski definition) is 3. The van der Waals surface area contributed by atoms with E-state index in [4.69, 9.17) is 11.5 Å². The minimum absolute atomic E-state index is 0.321. The smallest absolute Gasteiger partial charge is 0.248 e. The van der Waals surface area contributed by atoms with Crippen molar-refractivity contribution in [3.8, 4) is 0 Å². The minimum Gasteiger partial charge on any atom is -0.369 e. The van der Waals surface area contributed by atoms with Crippen molar-refractivity contribution in [1.29, 1.82) is 0 Å². The summed E-state index contributed by atoms with van der Waals surface area (Å²) in [6.07, 6.45) is 8.32. The molecule has 0 bridgehead atoms. The molecule has 92 valence electrons. The normalized spacial score (nSPS) is 22.3. The van der Waals surface area contributed by atoms with Gasteiger partial charge in [-0.15, -0.1) is 0 Å². The van der Waals surface area contributed by atoms with Gasteiger partial charge < -0.3 is 11.5 Å². The lowest BCUT2D eigenvalue weighted by atomic mass is 9.74. The largest absolute Gasteiger partial charge is 0.369 e. The quantitative estimate of drug-likeness (QED) is 0.791. The molecular formula is C13H13N3O2. The Morgan fingerprint density at radius 3 is 2.33 bits per heavy atom. The second kappa shape index (κ2) is 4.44. The van der Waals surface area contributed by atoms with Crippen LogP contribution in [0.15, 0.2) is 48.3 Å². The number of nitrogens with zero attached hydrogens (tertiary/aromatic N) is 1. The number of hydrogen-bond donors (Lipinski definition) is 2. The number of nitrogens with two attached hydrogens (primary N) is 2.